The SMILES string of the molecule is CC(C)NC(C)(C(=O)O)c1cccc(C(F)(F)F)c1. The van der Waals surface area contributed by atoms with E-state index in [1.54, 1.807) is 13.8 Å². The molecule has 1 rings (SSSR count). The molecule has 0 aromatic heterocycles. The van der Waals surface area contributed by atoms with Gasteiger partial charge in [-0.25, -0.2) is 4.79 Å². The molecule has 0 fully saturated rings. The highest BCUT2D eigenvalue weighted by molar-refractivity contribution is 5.80. The van der Waals surface area contributed by atoms with Gasteiger partial charge in [-0.1, -0.05) is 12.1 Å². The summed E-state index contributed by atoms with van der Waals surface area (Å²) in [5.74, 6) is -1.22. The van der Waals surface area contributed by atoms with Gasteiger partial charge in [0, 0.05) is 6.04 Å². The molecule has 0 heterocycles. The number of benzene rings is 1. The molecule has 106 valence electrons. The van der Waals surface area contributed by atoms with Crippen LogP contribution in [0.25, 0.3) is 0 Å². The Bertz CT molecular complexity index is 471. The van der Waals surface area contributed by atoms with E-state index < -0.39 is 23.2 Å². The number of carbonyl (C=O) groups is 1. The van der Waals surface area contributed by atoms with Crippen molar-refractivity contribution in [1.82, 2.24) is 5.32 Å². The molecular formula is C13H16F3NO2. The Balaban J connectivity index is 3.29. The molecule has 0 saturated carbocycles. The second kappa shape index (κ2) is 5.21. The van der Waals surface area contributed by atoms with E-state index in [1.807, 2.05) is 0 Å². The molecule has 0 aliphatic carbocycles. The van der Waals surface area contributed by atoms with Gasteiger partial charge in [0.2, 0.25) is 0 Å². The van der Waals surface area contributed by atoms with Crippen molar-refractivity contribution in [2.45, 2.75) is 38.5 Å². The minimum absolute atomic E-state index is 0.0727. The second-order valence-corrected chi connectivity index (χ2v) is 4.81. The summed E-state index contributed by atoms with van der Waals surface area (Å²) in [6, 6.07) is 4.18. The number of rotatable bonds is 4. The summed E-state index contributed by atoms with van der Waals surface area (Å²) in [5.41, 5.74) is -2.35. The van der Waals surface area contributed by atoms with Crippen LogP contribution in [0.15, 0.2) is 24.3 Å². The van der Waals surface area contributed by atoms with Crippen molar-refractivity contribution in [1.29, 1.82) is 0 Å². The van der Waals surface area contributed by atoms with Gasteiger partial charge in [-0.2, -0.15) is 13.2 Å². The lowest BCUT2D eigenvalue weighted by atomic mass is 9.90. The summed E-state index contributed by atoms with van der Waals surface area (Å²) < 4.78 is 38.0. The predicted octanol–water partition coefficient (Wildman–Crippen LogP) is 3.00. The number of carboxylic acids is 1. The lowest BCUT2D eigenvalue weighted by molar-refractivity contribution is -0.145. The summed E-state index contributed by atoms with van der Waals surface area (Å²) in [6.07, 6.45) is -4.49. The first-order chi connectivity index (χ1) is 8.57. The second-order valence-electron chi connectivity index (χ2n) is 4.81. The lowest BCUT2D eigenvalue weighted by Crippen LogP contribution is -2.49. The minimum atomic E-state index is -4.49. The van der Waals surface area contributed by atoms with Gasteiger partial charge in [0.15, 0.2) is 0 Å². The molecule has 0 spiro atoms. The molecule has 0 aliphatic heterocycles. The number of carboxylic acid groups (broad SMARTS) is 1. The first-order valence-corrected chi connectivity index (χ1v) is 5.76. The monoisotopic (exact) mass is 275 g/mol. The van der Waals surface area contributed by atoms with Crippen molar-refractivity contribution in [3.8, 4) is 0 Å². The zero-order valence-corrected chi connectivity index (χ0v) is 10.9. The molecule has 0 bridgehead atoms. The Morgan fingerprint density at radius 3 is 2.21 bits per heavy atom. The fourth-order valence-corrected chi connectivity index (χ4v) is 1.85. The van der Waals surface area contributed by atoms with Crippen molar-refractivity contribution in [3.05, 3.63) is 35.4 Å². The highest BCUT2D eigenvalue weighted by atomic mass is 19.4. The molecule has 1 atom stereocenters. The normalized spacial score (nSPS) is 15.3. The third kappa shape index (κ3) is 3.47. The molecule has 1 aromatic carbocycles. The van der Waals surface area contributed by atoms with Crippen molar-refractivity contribution < 1.29 is 23.1 Å². The smallest absolute Gasteiger partial charge is 0.416 e. The number of nitrogens with one attached hydrogen (secondary N) is 1. The molecule has 19 heavy (non-hydrogen) atoms. The van der Waals surface area contributed by atoms with Gasteiger partial charge < -0.3 is 5.11 Å². The number of hydrogen-bond donors (Lipinski definition) is 2. The average Bonchev–Trinajstić information content (AvgIpc) is 2.26. The van der Waals surface area contributed by atoms with Gasteiger partial charge in [-0.3, -0.25) is 5.32 Å². The number of alkyl halides is 3. The van der Waals surface area contributed by atoms with Gasteiger partial charge in [0.1, 0.15) is 5.54 Å². The van der Waals surface area contributed by atoms with Crippen molar-refractivity contribution in [2.75, 3.05) is 0 Å². The zero-order valence-electron chi connectivity index (χ0n) is 10.9. The lowest BCUT2D eigenvalue weighted by Gasteiger charge is -2.29. The Hall–Kier alpha value is -1.56. The quantitative estimate of drug-likeness (QED) is 0.888. The van der Waals surface area contributed by atoms with E-state index in [-0.39, 0.29) is 11.6 Å². The maximum Gasteiger partial charge on any atom is 0.416 e. The maximum absolute atomic E-state index is 12.7. The third-order valence-corrected chi connectivity index (χ3v) is 2.77. The van der Waals surface area contributed by atoms with Crippen LogP contribution in [0.2, 0.25) is 0 Å². The Labute approximate surface area is 109 Å². The Kier molecular flexibility index (Phi) is 4.25. The highest BCUT2D eigenvalue weighted by Gasteiger charge is 2.38. The summed E-state index contributed by atoms with van der Waals surface area (Å²) in [5, 5.41) is 12.1. The Morgan fingerprint density at radius 1 is 1.26 bits per heavy atom. The fourth-order valence-electron chi connectivity index (χ4n) is 1.85. The van der Waals surface area contributed by atoms with Crippen LogP contribution in [0, 0.1) is 0 Å². The van der Waals surface area contributed by atoms with E-state index in [9.17, 15) is 23.1 Å². The molecule has 0 saturated heterocycles. The van der Waals surface area contributed by atoms with Crippen LogP contribution in [0.5, 0.6) is 0 Å². The molecule has 6 heteroatoms. The molecule has 1 unspecified atom stereocenters. The van der Waals surface area contributed by atoms with Gasteiger partial charge in [0.05, 0.1) is 5.56 Å². The molecule has 1 aromatic rings. The topological polar surface area (TPSA) is 49.3 Å². The van der Waals surface area contributed by atoms with Gasteiger partial charge in [0.25, 0.3) is 0 Å². The van der Waals surface area contributed by atoms with Gasteiger partial charge >= 0.3 is 12.1 Å². The summed E-state index contributed by atoms with van der Waals surface area (Å²) >= 11 is 0. The molecule has 0 amide bonds. The number of aliphatic carboxylic acids is 1. The minimum Gasteiger partial charge on any atom is -0.480 e. The van der Waals surface area contributed by atoms with Gasteiger partial charge in [-0.15, -0.1) is 0 Å². The summed E-state index contributed by atoms with van der Waals surface area (Å²) in [4.78, 5) is 11.4. The van der Waals surface area contributed by atoms with Crippen LogP contribution in [-0.4, -0.2) is 17.1 Å². The van der Waals surface area contributed by atoms with Crippen LogP contribution in [0.1, 0.15) is 31.9 Å². The molecule has 3 nitrogen and oxygen atoms in total. The predicted molar refractivity (Wildman–Crippen MR) is 64.7 cm³/mol. The van der Waals surface area contributed by atoms with Crippen LogP contribution in [-0.2, 0) is 16.5 Å². The van der Waals surface area contributed by atoms with Crippen LogP contribution in [0.4, 0.5) is 13.2 Å². The number of halogens is 3. The van der Waals surface area contributed by atoms with E-state index in [1.165, 1.54) is 19.1 Å². The maximum atomic E-state index is 12.7. The first-order valence-electron chi connectivity index (χ1n) is 5.76. The molecule has 0 radical (unpaired) electrons. The highest BCUT2D eigenvalue weighted by Crippen LogP contribution is 2.32. The Morgan fingerprint density at radius 2 is 1.79 bits per heavy atom. The standard InChI is InChI=1S/C13H16F3NO2/c1-8(2)17-12(3,11(18)19)9-5-4-6-10(7-9)13(14,15)16/h4-8,17H,1-3H3,(H,18,19). The van der Waals surface area contributed by atoms with E-state index in [2.05, 4.69) is 5.32 Å². The summed E-state index contributed by atoms with van der Waals surface area (Å²) in [6.45, 7) is 4.81. The molecule has 0 aliphatic rings. The van der Waals surface area contributed by atoms with Gasteiger partial charge in [-0.05, 0) is 38.5 Å². The van der Waals surface area contributed by atoms with Crippen molar-refractivity contribution in [3.63, 3.8) is 0 Å². The summed E-state index contributed by atoms with van der Waals surface area (Å²) in [7, 11) is 0. The number of hydrogen-bond acceptors (Lipinski definition) is 2. The van der Waals surface area contributed by atoms with E-state index in [0.717, 1.165) is 12.1 Å². The van der Waals surface area contributed by atoms with E-state index in [4.69, 9.17) is 0 Å². The average molecular weight is 275 g/mol. The zero-order chi connectivity index (χ0) is 14.8. The van der Waals surface area contributed by atoms with Crippen LogP contribution < -0.4 is 5.32 Å². The largest absolute Gasteiger partial charge is 0.480 e. The van der Waals surface area contributed by atoms with Crippen LogP contribution in [0.3, 0.4) is 0 Å². The molecular weight excluding hydrogens is 259 g/mol. The van der Waals surface area contributed by atoms with E-state index >= 15 is 0 Å². The third-order valence-electron chi connectivity index (χ3n) is 2.77. The first kappa shape index (κ1) is 15.5. The van der Waals surface area contributed by atoms with Crippen molar-refractivity contribution in [2.24, 2.45) is 0 Å². The van der Waals surface area contributed by atoms with Crippen LogP contribution >= 0.6 is 0 Å². The van der Waals surface area contributed by atoms with Crippen molar-refractivity contribution >= 4 is 5.97 Å². The fraction of sp³-hybridized carbons (Fsp3) is 0.462. The molecule has 2 N–H and O–H groups in total. The van der Waals surface area contributed by atoms with E-state index in [0.29, 0.717) is 0 Å².